The quantitative estimate of drug-likeness (QED) is 0.468. The highest BCUT2D eigenvalue weighted by atomic mass is 16.5. The van der Waals surface area contributed by atoms with Crippen LogP contribution in [-0.4, -0.2) is 12.6 Å². The van der Waals surface area contributed by atoms with Gasteiger partial charge in [-0.05, 0) is 24.5 Å². The van der Waals surface area contributed by atoms with E-state index in [0.29, 0.717) is 12.5 Å². The van der Waals surface area contributed by atoms with E-state index in [-0.39, 0.29) is 6.04 Å². The van der Waals surface area contributed by atoms with Crippen LogP contribution in [0.15, 0.2) is 24.3 Å². The van der Waals surface area contributed by atoms with Gasteiger partial charge in [-0.1, -0.05) is 18.2 Å². The summed E-state index contributed by atoms with van der Waals surface area (Å²) >= 11 is 0. The Balaban J connectivity index is 2.03. The molecule has 2 rings (SSSR count). The maximum absolute atomic E-state index is 5.75. The van der Waals surface area contributed by atoms with E-state index in [1.807, 2.05) is 18.2 Å². The summed E-state index contributed by atoms with van der Waals surface area (Å²) < 4.78 is 5.75. The van der Waals surface area contributed by atoms with E-state index < -0.39 is 0 Å². The zero-order valence-electron chi connectivity index (χ0n) is 9.86. The zero-order valence-corrected chi connectivity index (χ0v) is 9.86. The molecule has 90 valence electrons. The van der Waals surface area contributed by atoms with E-state index in [0.717, 1.165) is 25.0 Å². The molecule has 2 atom stereocenters. The number of ether oxygens (including phenoxy) is 1. The summed E-state index contributed by atoms with van der Waals surface area (Å²) in [5.41, 5.74) is 4.12. The lowest BCUT2D eigenvalue weighted by Crippen LogP contribution is -2.45. The van der Waals surface area contributed by atoms with Crippen molar-refractivity contribution in [2.45, 2.75) is 25.3 Å². The molecule has 1 aliphatic rings. The molecule has 1 aromatic rings. The molecular formula is C14H18N2O. The number of nitrogens with two attached hydrogens (primary N) is 1. The Labute approximate surface area is 102 Å². The third-order valence-electron chi connectivity index (χ3n) is 3.29. The van der Waals surface area contributed by atoms with Gasteiger partial charge >= 0.3 is 0 Å². The summed E-state index contributed by atoms with van der Waals surface area (Å²) in [4.78, 5) is 0. The van der Waals surface area contributed by atoms with E-state index >= 15 is 0 Å². The maximum Gasteiger partial charge on any atom is 0.122 e. The van der Waals surface area contributed by atoms with Crippen LogP contribution in [0.3, 0.4) is 0 Å². The molecule has 3 heteroatoms. The monoisotopic (exact) mass is 230 g/mol. The number of rotatable bonds is 4. The van der Waals surface area contributed by atoms with Crippen molar-refractivity contribution in [3.63, 3.8) is 0 Å². The first-order valence-electron chi connectivity index (χ1n) is 5.95. The molecule has 3 nitrogen and oxygen atoms in total. The van der Waals surface area contributed by atoms with Crippen LogP contribution in [0.1, 0.15) is 18.4 Å². The number of para-hydroxylation sites is 1. The second-order valence-electron chi connectivity index (χ2n) is 4.40. The topological polar surface area (TPSA) is 47.3 Å². The lowest BCUT2D eigenvalue weighted by molar-refractivity contribution is 0.180. The van der Waals surface area contributed by atoms with Gasteiger partial charge in [0.15, 0.2) is 0 Å². The highest BCUT2D eigenvalue weighted by molar-refractivity contribution is 5.35. The zero-order chi connectivity index (χ0) is 12.1. The first-order valence-corrected chi connectivity index (χ1v) is 5.95. The molecule has 0 fully saturated rings. The van der Waals surface area contributed by atoms with Crippen molar-refractivity contribution in [2.75, 3.05) is 6.61 Å². The molecule has 1 aromatic carbocycles. The minimum absolute atomic E-state index is 0.222. The molecule has 0 saturated carbocycles. The number of hydrogen-bond acceptors (Lipinski definition) is 3. The van der Waals surface area contributed by atoms with Gasteiger partial charge in [0.05, 0.1) is 6.61 Å². The van der Waals surface area contributed by atoms with Crippen LogP contribution >= 0.6 is 0 Å². The summed E-state index contributed by atoms with van der Waals surface area (Å²) in [5.74, 6) is 9.63. The van der Waals surface area contributed by atoms with Crippen molar-refractivity contribution in [1.29, 1.82) is 0 Å². The average molecular weight is 230 g/mol. The normalized spacial score (nSPS) is 19.9. The summed E-state index contributed by atoms with van der Waals surface area (Å²) in [6, 6.07) is 8.38. The van der Waals surface area contributed by atoms with Gasteiger partial charge in [0, 0.05) is 18.4 Å². The van der Waals surface area contributed by atoms with Crippen molar-refractivity contribution in [3.8, 4) is 18.1 Å². The van der Waals surface area contributed by atoms with Crippen molar-refractivity contribution in [1.82, 2.24) is 5.43 Å². The van der Waals surface area contributed by atoms with Crippen LogP contribution < -0.4 is 16.0 Å². The molecule has 0 aliphatic carbocycles. The molecule has 0 aromatic heterocycles. The van der Waals surface area contributed by atoms with Gasteiger partial charge in [0.1, 0.15) is 5.75 Å². The van der Waals surface area contributed by atoms with Gasteiger partial charge in [0.2, 0.25) is 0 Å². The van der Waals surface area contributed by atoms with E-state index in [1.54, 1.807) is 0 Å². The molecule has 17 heavy (non-hydrogen) atoms. The molecule has 0 spiro atoms. The fourth-order valence-corrected chi connectivity index (χ4v) is 2.30. The van der Waals surface area contributed by atoms with Gasteiger partial charge in [-0.15, -0.1) is 12.3 Å². The number of hydrazine groups is 1. The Morgan fingerprint density at radius 3 is 3.12 bits per heavy atom. The second-order valence-corrected chi connectivity index (χ2v) is 4.40. The lowest BCUT2D eigenvalue weighted by Gasteiger charge is -2.31. The lowest BCUT2D eigenvalue weighted by atomic mass is 9.88. The Bertz CT molecular complexity index is 411. The second kappa shape index (κ2) is 5.72. The summed E-state index contributed by atoms with van der Waals surface area (Å²) in [6.07, 6.45) is 7.92. The Hall–Kier alpha value is -1.50. The Morgan fingerprint density at radius 2 is 2.35 bits per heavy atom. The molecule has 0 radical (unpaired) electrons. The number of benzene rings is 1. The minimum atomic E-state index is 0.222. The number of nitrogens with one attached hydrogen (secondary N) is 1. The smallest absolute Gasteiger partial charge is 0.122 e. The van der Waals surface area contributed by atoms with Gasteiger partial charge < -0.3 is 4.74 Å². The van der Waals surface area contributed by atoms with Crippen LogP contribution in [0.2, 0.25) is 0 Å². The number of terminal acetylenes is 1. The summed E-state index contributed by atoms with van der Waals surface area (Å²) in [6.45, 7) is 0.705. The van der Waals surface area contributed by atoms with E-state index in [2.05, 4.69) is 17.4 Å². The maximum atomic E-state index is 5.75. The molecular weight excluding hydrogens is 212 g/mol. The number of fused-ring (bicyclic) bond motifs is 1. The van der Waals surface area contributed by atoms with E-state index in [1.165, 1.54) is 5.56 Å². The molecule has 1 aliphatic heterocycles. The minimum Gasteiger partial charge on any atom is -0.493 e. The first kappa shape index (κ1) is 12.0. The summed E-state index contributed by atoms with van der Waals surface area (Å²) in [7, 11) is 0. The third kappa shape index (κ3) is 2.79. The Morgan fingerprint density at radius 1 is 1.53 bits per heavy atom. The summed E-state index contributed by atoms with van der Waals surface area (Å²) in [5, 5.41) is 0. The Kier molecular flexibility index (Phi) is 4.03. The molecule has 0 saturated heterocycles. The molecule has 3 N–H and O–H groups in total. The van der Waals surface area contributed by atoms with Crippen LogP contribution in [0, 0.1) is 18.3 Å². The van der Waals surface area contributed by atoms with Gasteiger partial charge in [0.25, 0.3) is 0 Å². The van der Waals surface area contributed by atoms with Crippen molar-refractivity contribution < 1.29 is 4.74 Å². The van der Waals surface area contributed by atoms with Crippen molar-refractivity contribution in [3.05, 3.63) is 29.8 Å². The standard InChI is InChI=1S/C14H18N2O/c1-2-3-7-13(16-15)12-9-11-6-4-5-8-14(11)17-10-12/h1,4-6,8,12-13,16H,3,7,9-10,15H2. The van der Waals surface area contributed by atoms with Crippen LogP contribution in [-0.2, 0) is 6.42 Å². The van der Waals surface area contributed by atoms with E-state index in [9.17, 15) is 0 Å². The van der Waals surface area contributed by atoms with Gasteiger partial charge in [-0.2, -0.15) is 0 Å². The van der Waals surface area contributed by atoms with Crippen LogP contribution in [0.5, 0.6) is 5.75 Å². The third-order valence-corrected chi connectivity index (χ3v) is 3.29. The van der Waals surface area contributed by atoms with Crippen LogP contribution in [0.25, 0.3) is 0 Å². The molecule has 1 heterocycles. The van der Waals surface area contributed by atoms with E-state index in [4.69, 9.17) is 17.0 Å². The number of hydrogen-bond donors (Lipinski definition) is 2. The predicted octanol–water partition coefficient (Wildman–Crippen LogP) is 1.48. The fraction of sp³-hybridized carbons (Fsp3) is 0.429. The predicted molar refractivity (Wildman–Crippen MR) is 68.3 cm³/mol. The van der Waals surface area contributed by atoms with Gasteiger partial charge in [-0.3, -0.25) is 11.3 Å². The fourth-order valence-electron chi connectivity index (χ4n) is 2.30. The molecule has 0 amide bonds. The highest BCUT2D eigenvalue weighted by Gasteiger charge is 2.26. The first-order chi connectivity index (χ1) is 8.35. The highest BCUT2D eigenvalue weighted by Crippen LogP contribution is 2.29. The van der Waals surface area contributed by atoms with Crippen molar-refractivity contribution in [2.24, 2.45) is 11.8 Å². The van der Waals surface area contributed by atoms with Crippen molar-refractivity contribution >= 4 is 0 Å². The average Bonchev–Trinajstić information content (AvgIpc) is 2.39. The largest absolute Gasteiger partial charge is 0.493 e. The SMILES string of the molecule is C#CCCC(NN)C1COc2ccccc2C1. The molecule has 0 bridgehead atoms. The van der Waals surface area contributed by atoms with Gasteiger partial charge in [-0.25, -0.2) is 0 Å². The van der Waals surface area contributed by atoms with Crippen LogP contribution in [0.4, 0.5) is 0 Å². The molecule has 2 unspecified atom stereocenters.